The first kappa shape index (κ1) is 16.4. The van der Waals surface area contributed by atoms with Crippen molar-refractivity contribution in [2.75, 3.05) is 0 Å². The van der Waals surface area contributed by atoms with Gasteiger partial charge in [-0.05, 0) is 30.0 Å². The summed E-state index contributed by atoms with van der Waals surface area (Å²) in [5.74, 6) is -1.31. The highest BCUT2D eigenvalue weighted by Gasteiger charge is 2.21. The monoisotopic (exact) mass is 314 g/mol. The number of hydrogen-bond acceptors (Lipinski definition) is 3. The van der Waals surface area contributed by atoms with Gasteiger partial charge >= 0.3 is 5.97 Å². The molecule has 0 radical (unpaired) electrons. The molecule has 22 heavy (non-hydrogen) atoms. The zero-order chi connectivity index (χ0) is 15.9. The number of benzene rings is 2. The Morgan fingerprint density at radius 1 is 1.00 bits per heavy atom. The van der Waals surface area contributed by atoms with Gasteiger partial charge in [-0.15, -0.1) is 0 Å². The van der Waals surface area contributed by atoms with E-state index in [9.17, 15) is 9.59 Å². The van der Waals surface area contributed by atoms with Crippen LogP contribution < -0.4 is 0 Å². The second-order valence-electron chi connectivity index (χ2n) is 5.19. The van der Waals surface area contributed by atoms with Crippen LogP contribution in [0, 0.1) is 5.92 Å². The predicted molar refractivity (Wildman–Crippen MR) is 90.2 cm³/mol. The van der Waals surface area contributed by atoms with Crippen LogP contribution in [0.4, 0.5) is 0 Å². The van der Waals surface area contributed by atoms with Crippen LogP contribution in [0.2, 0.25) is 0 Å². The van der Waals surface area contributed by atoms with E-state index in [1.165, 1.54) is 5.56 Å². The number of aryl methyl sites for hydroxylation is 1. The molecule has 0 saturated carbocycles. The molecule has 0 fully saturated rings. The van der Waals surface area contributed by atoms with Crippen LogP contribution in [0.3, 0.4) is 0 Å². The smallest absolute Gasteiger partial charge is 0.318 e. The molecule has 0 N–H and O–H groups in total. The fraction of sp³-hybridized carbons (Fsp3) is 0.222. The molecule has 2 aromatic carbocycles. The summed E-state index contributed by atoms with van der Waals surface area (Å²) in [5, 5.41) is 0. The number of hydrogen-bond donors (Lipinski definition) is 0. The minimum atomic E-state index is -0.707. The van der Waals surface area contributed by atoms with Crippen molar-refractivity contribution < 1.29 is 14.1 Å². The molecule has 2 rings (SSSR count). The standard InChI is InChI=1S/C18H19O3P/c1-13(18(20)21-22)17(19)12-9-14-7-10-16(11-8-14)15-5-3-2-4-6-15/h2-8,10-11,13H,9,12,22H2,1H3. The third-order valence-corrected chi connectivity index (χ3v) is 3.91. The van der Waals surface area contributed by atoms with Gasteiger partial charge in [-0.1, -0.05) is 54.6 Å². The zero-order valence-corrected chi connectivity index (χ0v) is 13.6. The van der Waals surface area contributed by atoms with E-state index >= 15 is 0 Å². The van der Waals surface area contributed by atoms with Gasteiger partial charge in [0.1, 0.15) is 11.7 Å². The third kappa shape index (κ3) is 4.25. The number of rotatable bonds is 6. The number of Topliss-reactive ketones (excluding diaryl/α,β-unsaturated/α-hetero) is 1. The van der Waals surface area contributed by atoms with Gasteiger partial charge in [-0.3, -0.25) is 9.59 Å². The number of ketones is 1. The zero-order valence-electron chi connectivity index (χ0n) is 12.5. The maximum absolute atomic E-state index is 11.9. The Bertz CT molecular complexity index is 635. The van der Waals surface area contributed by atoms with E-state index in [0.29, 0.717) is 12.8 Å². The summed E-state index contributed by atoms with van der Waals surface area (Å²) in [5.41, 5.74) is 3.40. The van der Waals surface area contributed by atoms with Crippen LogP contribution in [-0.4, -0.2) is 11.8 Å². The van der Waals surface area contributed by atoms with E-state index < -0.39 is 11.9 Å². The molecule has 3 nitrogen and oxygen atoms in total. The molecule has 0 bridgehead atoms. The highest BCUT2D eigenvalue weighted by molar-refractivity contribution is 7.10. The predicted octanol–water partition coefficient (Wildman–Crippen LogP) is 3.82. The van der Waals surface area contributed by atoms with Crippen LogP contribution in [0.1, 0.15) is 18.9 Å². The van der Waals surface area contributed by atoms with E-state index in [-0.39, 0.29) is 5.78 Å². The summed E-state index contributed by atoms with van der Waals surface area (Å²) in [7, 11) is 1.88. The molecule has 0 heterocycles. The molecule has 2 atom stereocenters. The SMILES string of the molecule is CC(C(=O)CCc1ccc(-c2ccccc2)cc1)C(=O)OP. The van der Waals surface area contributed by atoms with Gasteiger partial charge < -0.3 is 4.52 Å². The molecule has 0 amide bonds. The van der Waals surface area contributed by atoms with Crippen molar-refractivity contribution in [2.45, 2.75) is 19.8 Å². The molecular weight excluding hydrogens is 295 g/mol. The van der Waals surface area contributed by atoms with Crippen LogP contribution in [0.5, 0.6) is 0 Å². The van der Waals surface area contributed by atoms with Crippen LogP contribution in [0.25, 0.3) is 11.1 Å². The highest BCUT2D eigenvalue weighted by Crippen LogP contribution is 2.20. The van der Waals surface area contributed by atoms with E-state index in [1.54, 1.807) is 6.92 Å². The summed E-state index contributed by atoms with van der Waals surface area (Å²) in [6.07, 6.45) is 0.966. The lowest BCUT2D eigenvalue weighted by atomic mass is 9.98. The van der Waals surface area contributed by atoms with Crippen LogP contribution in [-0.2, 0) is 20.5 Å². The topological polar surface area (TPSA) is 43.4 Å². The van der Waals surface area contributed by atoms with Gasteiger partial charge in [-0.2, -0.15) is 0 Å². The van der Waals surface area contributed by atoms with E-state index in [1.807, 2.05) is 39.8 Å². The molecule has 0 aliphatic carbocycles. The molecule has 0 aliphatic heterocycles. The van der Waals surface area contributed by atoms with E-state index in [4.69, 9.17) is 0 Å². The number of carbonyl (C=O) groups is 2. The van der Waals surface area contributed by atoms with E-state index in [0.717, 1.165) is 11.1 Å². The normalized spacial score (nSPS) is 11.7. The summed E-state index contributed by atoms with van der Waals surface area (Å²) in [6.45, 7) is 1.58. The second-order valence-corrected chi connectivity index (χ2v) is 5.42. The first-order valence-corrected chi connectivity index (χ1v) is 7.66. The van der Waals surface area contributed by atoms with Crippen molar-refractivity contribution in [3.8, 4) is 11.1 Å². The van der Waals surface area contributed by atoms with Crippen LogP contribution >= 0.6 is 9.47 Å². The van der Waals surface area contributed by atoms with Gasteiger partial charge in [-0.25, -0.2) is 0 Å². The van der Waals surface area contributed by atoms with Crippen molar-refractivity contribution in [1.82, 2.24) is 0 Å². The third-order valence-electron chi connectivity index (χ3n) is 3.67. The first-order valence-electron chi connectivity index (χ1n) is 7.19. The first-order chi connectivity index (χ1) is 10.6. The largest absolute Gasteiger partial charge is 0.451 e. The highest BCUT2D eigenvalue weighted by atomic mass is 31.0. The maximum atomic E-state index is 11.9. The summed E-state index contributed by atoms with van der Waals surface area (Å²) >= 11 is 0. The average molecular weight is 314 g/mol. The molecule has 0 spiro atoms. The van der Waals surface area contributed by atoms with Gasteiger partial charge in [0.2, 0.25) is 0 Å². The second kappa shape index (κ2) is 7.86. The van der Waals surface area contributed by atoms with Crippen molar-refractivity contribution in [2.24, 2.45) is 5.92 Å². The molecule has 0 saturated heterocycles. The van der Waals surface area contributed by atoms with Gasteiger partial charge in [0, 0.05) is 6.42 Å². The minimum absolute atomic E-state index is 0.0976. The Morgan fingerprint density at radius 2 is 1.59 bits per heavy atom. The maximum Gasteiger partial charge on any atom is 0.318 e. The molecule has 0 aliphatic rings. The van der Waals surface area contributed by atoms with Crippen molar-refractivity contribution in [3.63, 3.8) is 0 Å². The van der Waals surface area contributed by atoms with Crippen LogP contribution in [0.15, 0.2) is 54.6 Å². The van der Waals surface area contributed by atoms with Gasteiger partial charge in [0.05, 0.1) is 9.47 Å². The fourth-order valence-corrected chi connectivity index (χ4v) is 2.42. The van der Waals surface area contributed by atoms with Crippen molar-refractivity contribution in [3.05, 3.63) is 60.2 Å². The summed E-state index contributed by atoms with van der Waals surface area (Å²) < 4.78 is 4.51. The molecule has 2 unspecified atom stereocenters. The van der Waals surface area contributed by atoms with Crippen molar-refractivity contribution >= 4 is 21.2 Å². The lowest BCUT2D eigenvalue weighted by Crippen LogP contribution is -2.21. The average Bonchev–Trinajstić information content (AvgIpc) is 2.59. The summed E-state index contributed by atoms with van der Waals surface area (Å²) in [6, 6.07) is 18.3. The molecule has 114 valence electrons. The van der Waals surface area contributed by atoms with Gasteiger partial charge in [0.15, 0.2) is 0 Å². The Morgan fingerprint density at radius 3 is 2.18 bits per heavy atom. The fourth-order valence-electron chi connectivity index (χ4n) is 2.21. The van der Waals surface area contributed by atoms with E-state index in [2.05, 4.69) is 28.8 Å². The van der Waals surface area contributed by atoms with Crippen molar-refractivity contribution in [1.29, 1.82) is 0 Å². The Labute approximate surface area is 133 Å². The molecule has 2 aromatic rings. The summed E-state index contributed by atoms with van der Waals surface area (Å²) in [4.78, 5) is 23.2. The number of carbonyl (C=O) groups excluding carboxylic acids is 2. The Hall–Kier alpha value is -1.99. The molecule has 4 heteroatoms. The quantitative estimate of drug-likeness (QED) is 0.601. The van der Waals surface area contributed by atoms with Gasteiger partial charge in [0.25, 0.3) is 0 Å². The molecule has 0 aromatic heterocycles. The molecular formula is C18H19O3P. The Kier molecular flexibility index (Phi) is 5.85. The Balaban J connectivity index is 1.95. The minimum Gasteiger partial charge on any atom is -0.451 e. The lowest BCUT2D eigenvalue weighted by Gasteiger charge is -2.08. The lowest BCUT2D eigenvalue weighted by molar-refractivity contribution is -0.142.